The predicted octanol–water partition coefficient (Wildman–Crippen LogP) is 11.8. The van der Waals surface area contributed by atoms with Crippen LogP contribution in [0.3, 0.4) is 0 Å². The molecular weight excluding hydrogens is 819 g/mol. The number of hydrogen-bond acceptors (Lipinski definition) is 8. The highest BCUT2D eigenvalue weighted by Gasteiger charge is 2.48. The Morgan fingerprint density at radius 3 is 1.98 bits per heavy atom. The second-order valence-electron chi connectivity index (χ2n) is 13.1. The Labute approximate surface area is 343 Å². The van der Waals surface area contributed by atoms with Gasteiger partial charge in [0.1, 0.15) is 10.0 Å². The van der Waals surface area contributed by atoms with Crippen molar-refractivity contribution in [3.8, 4) is 22.4 Å². The molecule has 1 aliphatic heterocycles. The molecule has 1 saturated heterocycles. The van der Waals surface area contributed by atoms with E-state index < -0.39 is 20.2 Å². The van der Waals surface area contributed by atoms with E-state index in [0.29, 0.717) is 25.7 Å². The van der Waals surface area contributed by atoms with Gasteiger partial charge in [0, 0.05) is 70.7 Å². The molecule has 1 fully saturated rings. The first-order valence-electron chi connectivity index (χ1n) is 17.5. The van der Waals surface area contributed by atoms with E-state index in [1.807, 2.05) is 73.1 Å². The van der Waals surface area contributed by atoms with Crippen LogP contribution in [0.4, 0.5) is 35.9 Å². The van der Waals surface area contributed by atoms with Crippen LogP contribution in [0, 0.1) is 6.92 Å². The molecule has 7 nitrogen and oxygen atoms in total. The molecule has 0 amide bonds. The highest BCUT2D eigenvalue weighted by atomic mass is 35.5. The normalized spacial score (nSPS) is 13.6. The van der Waals surface area contributed by atoms with Gasteiger partial charge in [-0.05, 0) is 126 Å². The lowest BCUT2D eigenvalue weighted by molar-refractivity contribution is -0.0435. The maximum atomic E-state index is 13.7. The summed E-state index contributed by atoms with van der Waals surface area (Å²) in [6, 6.07) is 37.0. The van der Waals surface area contributed by atoms with Crippen molar-refractivity contribution >= 4 is 79.7 Å². The minimum Gasteiger partial charge on any atom is -0.368 e. The van der Waals surface area contributed by atoms with Crippen molar-refractivity contribution in [1.29, 1.82) is 0 Å². The van der Waals surface area contributed by atoms with Crippen LogP contribution >= 0.6 is 47.1 Å². The summed E-state index contributed by atoms with van der Waals surface area (Å²) in [5.41, 5.74) is 2.53. The van der Waals surface area contributed by atoms with Crippen molar-refractivity contribution in [2.24, 2.45) is 7.05 Å². The van der Waals surface area contributed by atoms with E-state index in [-0.39, 0.29) is 5.69 Å². The Kier molecular flexibility index (Phi) is 11.8. The van der Waals surface area contributed by atoms with Crippen molar-refractivity contribution in [2.45, 2.75) is 27.1 Å². The molecular formula is C41H36Cl2F3N5O2S3. The summed E-state index contributed by atoms with van der Waals surface area (Å²) in [4.78, 5) is 4.86. The second kappa shape index (κ2) is 16.6. The first-order chi connectivity index (χ1) is 26.8. The number of hydrogen-bond donors (Lipinski definition) is 2. The van der Waals surface area contributed by atoms with E-state index in [1.54, 1.807) is 30.3 Å². The third-order valence-corrected chi connectivity index (χ3v) is 13.5. The van der Waals surface area contributed by atoms with Gasteiger partial charge in [-0.15, -0.1) is 0 Å². The summed E-state index contributed by atoms with van der Waals surface area (Å²) >= 11 is 15.0. The lowest BCUT2D eigenvalue weighted by atomic mass is 9.97. The smallest absolute Gasteiger partial charge is 0.368 e. The zero-order valence-corrected chi connectivity index (χ0v) is 34.1. The number of nitrogens with zero attached hydrogens (tertiary/aromatic N) is 3. The molecule has 1 aliphatic rings. The molecule has 0 radical (unpaired) electrons. The fourth-order valence-electron chi connectivity index (χ4n) is 6.64. The van der Waals surface area contributed by atoms with E-state index in [2.05, 4.69) is 43.5 Å². The Balaban J connectivity index is 0.997. The van der Waals surface area contributed by atoms with Gasteiger partial charge in [-0.3, -0.25) is 0 Å². The highest BCUT2D eigenvalue weighted by Crippen LogP contribution is 2.42. The van der Waals surface area contributed by atoms with Crippen LogP contribution in [-0.4, -0.2) is 44.7 Å². The summed E-state index contributed by atoms with van der Waals surface area (Å²) in [6.07, 6.45) is 0. The highest BCUT2D eigenvalue weighted by molar-refractivity contribution is 8.01. The number of sulfone groups is 1. The van der Waals surface area contributed by atoms with Gasteiger partial charge in [0.05, 0.1) is 11.4 Å². The second-order valence-corrected chi connectivity index (χ2v) is 17.6. The average molecular weight is 855 g/mol. The van der Waals surface area contributed by atoms with Gasteiger partial charge in [0.15, 0.2) is 0 Å². The van der Waals surface area contributed by atoms with E-state index in [1.165, 1.54) is 6.07 Å². The van der Waals surface area contributed by atoms with Crippen LogP contribution in [0.25, 0.3) is 22.4 Å². The molecule has 56 heavy (non-hydrogen) atoms. The summed E-state index contributed by atoms with van der Waals surface area (Å²) in [5, 5.41) is 1.37. The topological polar surface area (TPSA) is 69.6 Å². The third kappa shape index (κ3) is 8.47. The molecule has 0 atom stereocenters. The number of aromatic nitrogens is 1. The lowest BCUT2D eigenvalue weighted by Crippen LogP contribution is -2.46. The SMILES string of the molecule is Cc1c(-c2cccc(N3CCN(c4ccc(NSc5ccc(NSc6ccccc6)c(S(=O)(=O)C(F)(F)F)c5)cc4)CC3)c2)c(-c2ccc(Cl)cc2)n(C)c1Cl. The predicted molar refractivity (Wildman–Crippen MR) is 227 cm³/mol. The molecule has 0 spiro atoms. The molecule has 0 aliphatic carbocycles. The van der Waals surface area contributed by atoms with Crippen molar-refractivity contribution in [3.05, 3.63) is 137 Å². The summed E-state index contributed by atoms with van der Waals surface area (Å²) in [5.74, 6) is 0. The van der Waals surface area contributed by atoms with Gasteiger partial charge in [-0.25, -0.2) is 8.42 Å². The van der Waals surface area contributed by atoms with Crippen LogP contribution in [0.5, 0.6) is 0 Å². The lowest BCUT2D eigenvalue weighted by Gasteiger charge is -2.37. The van der Waals surface area contributed by atoms with Gasteiger partial charge >= 0.3 is 5.51 Å². The summed E-state index contributed by atoms with van der Waals surface area (Å²) in [6.45, 7) is 5.28. The Morgan fingerprint density at radius 1 is 0.679 bits per heavy atom. The minimum absolute atomic E-state index is 0.155. The van der Waals surface area contributed by atoms with E-state index in [4.69, 9.17) is 23.2 Å². The number of rotatable bonds is 11. The number of anilines is 4. The van der Waals surface area contributed by atoms with Gasteiger partial charge in [0.2, 0.25) is 0 Å². The van der Waals surface area contributed by atoms with Gasteiger partial charge in [-0.1, -0.05) is 65.7 Å². The number of benzene rings is 5. The first kappa shape index (κ1) is 39.8. The molecule has 7 rings (SSSR count). The summed E-state index contributed by atoms with van der Waals surface area (Å²) in [7, 11) is -3.65. The monoisotopic (exact) mass is 853 g/mol. The minimum atomic E-state index is -5.62. The Morgan fingerprint density at radius 2 is 1.32 bits per heavy atom. The number of halogens is 5. The molecule has 290 valence electrons. The molecule has 0 saturated carbocycles. The van der Waals surface area contributed by atoms with Crippen LogP contribution in [0.2, 0.25) is 10.2 Å². The van der Waals surface area contributed by atoms with Crippen molar-refractivity contribution < 1.29 is 21.6 Å². The van der Waals surface area contributed by atoms with Crippen LogP contribution in [-0.2, 0) is 16.9 Å². The van der Waals surface area contributed by atoms with Crippen LogP contribution in [0.1, 0.15) is 5.56 Å². The van der Waals surface area contributed by atoms with E-state index >= 15 is 0 Å². The standard InChI is InChI=1S/C41H36Cl2F3N5O2S3/c1-27-38(39(49(2)40(27)43)28-11-13-30(42)14-12-28)29-7-6-8-33(25-29)51-23-21-50(22-24-51)32-17-15-31(16-18-32)47-55-35-19-20-36(48-54-34-9-4-3-5-10-34)37(26-35)56(52,53)41(44,45)46/h3-20,25-26,47-48H,21-24H2,1-2H3. The molecule has 0 bridgehead atoms. The quantitative estimate of drug-likeness (QED) is 0.125. The molecule has 0 unspecified atom stereocenters. The summed E-state index contributed by atoms with van der Waals surface area (Å²) < 4.78 is 74.0. The maximum Gasteiger partial charge on any atom is 0.501 e. The van der Waals surface area contributed by atoms with Gasteiger partial charge in [-0.2, -0.15) is 13.2 Å². The van der Waals surface area contributed by atoms with Crippen molar-refractivity contribution in [2.75, 3.05) is 45.4 Å². The Hall–Kier alpha value is -4.40. The molecule has 15 heteroatoms. The number of piperazine rings is 1. The Bertz CT molecular complexity index is 2440. The largest absolute Gasteiger partial charge is 0.501 e. The third-order valence-electron chi connectivity index (χ3n) is 9.54. The molecule has 5 aromatic carbocycles. The van der Waals surface area contributed by atoms with E-state index in [0.717, 1.165) is 95.5 Å². The van der Waals surface area contributed by atoms with Crippen LogP contribution in [0.15, 0.2) is 136 Å². The zero-order valence-electron chi connectivity index (χ0n) is 30.1. The zero-order chi connectivity index (χ0) is 39.6. The maximum absolute atomic E-state index is 13.7. The molecule has 2 heterocycles. The molecule has 6 aromatic rings. The molecule has 1 aromatic heterocycles. The van der Waals surface area contributed by atoms with Gasteiger partial charge in [0.25, 0.3) is 9.84 Å². The fraction of sp³-hybridized carbons (Fsp3) is 0.171. The van der Waals surface area contributed by atoms with Gasteiger partial charge < -0.3 is 23.8 Å². The average Bonchev–Trinajstić information content (AvgIpc) is 3.43. The van der Waals surface area contributed by atoms with E-state index in [9.17, 15) is 21.6 Å². The fourth-order valence-corrected chi connectivity index (χ4v) is 9.40. The van der Waals surface area contributed by atoms with Crippen LogP contribution < -0.4 is 19.2 Å². The van der Waals surface area contributed by atoms with Crippen molar-refractivity contribution in [1.82, 2.24) is 4.57 Å². The molecule has 2 N–H and O–H groups in total. The number of nitrogens with one attached hydrogen (secondary N) is 2. The first-order valence-corrected chi connectivity index (χ1v) is 21.3. The number of alkyl halides is 3. The van der Waals surface area contributed by atoms with Crippen molar-refractivity contribution in [3.63, 3.8) is 0 Å².